The smallest absolute Gasteiger partial charge is 0.0918 e. The molecule has 0 aliphatic heterocycles. The number of hydrogen-bond donors (Lipinski definition) is 2. The molecule has 0 spiro atoms. The third kappa shape index (κ3) is 4.54. The van der Waals surface area contributed by atoms with Crippen LogP contribution >= 0.6 is 23.2 Å². The first kappa shape index (κ1) is 14.3. The van der Waals surface area contributed by atoms with Crippen LogP contribution in [0.25, 0.3) is 0 Å². The lowest BCUT2D eigenvalue weighted by molar-refractivity contribution is 0.288. The Morgan fingerprint density at radius 3 is 2.41 bits per heavy atom. The van der Waals surface area contributed by atoms with Crippen LogP contribution in [0.15, 0.2) is 18.2 Å². The summed E-state index contributed by atoms with van der Waals surface area (Å²) in [4.78, 5) is 2.16. The number of nitrogens with two attached hydrogens (primary N) is 1. The Labute approximate surface area is 112 Å². The van der Waals surface area contributed by atoms with E-state index in [1.165, 1.54) is 0 Å². The van der Waals surface area contributed by atoms with Crippen molar-refractivity contribution in [2.24, 2.45) is 5.73 Å². The zero-order chi connectivity index (χ0) is 12.8. The first-order valence-electron chi connectivity index (χ1n) is 5.52. The first-order chi connectivity index (χ1) is 8.04. The number of rotatable bonds is 6. The van der Waals surface area contributed by atoms with E-state index in [4.69, 9.17) is 34.3 Å². The van der Waals surface area contributed by atoms with Gasteiger partial charge in [0.05, 0.1) is 5.84 Å². The van der Waals surface area contributed by atoms with Gasteiger partial charge in [0, 0.05) is 35.1 Å². The van der Waals surface area contributed by atoms with Gasteiger partial charge in [0.15, 0.2) is 0 Å². The minimum Gasteiger partial charge on any atom is -0.388 e. The van der Waals surface area contributed by atoms with E-state index >= 15 is 0 Å². The molecule has 0 saturated heterocycles. The summed E-state index contributed by atoms with van der Waals surface area (Å²) in [6.45, 7) is 4.36. The first-order valence-corrected chi connectivity index (χ1v) is 6.28. The third-order valence-electron chi connectivity index (χ3n) is 2.59. The summed E-state index contributed by atoms with van der Waals surface area (Å²) in [5.74, 6) is 0.203. The fraction of sp³-hybridized carbons (Fsp3) is 0.417. The lowest BCUT2D eigenvalue weighted by Crippen LogP contribution is -2.27. The number of nitrogens with one attached hydrogen (secondary N) is 1. The number of amidine groups is 1. The molecule has 17 heavy (non-hydrogen) atoms. The van der Waals surface area contributed by atoms with Crippen molar-refractivity contribution in [3.63, 3.8) is 0 Å². The highest BCUT2D eigenvalue weighted by molar-refractivity contribution is 6.35. The zero-order valence-corrected chi connectivity index (χ0v) is 11.4. The Balaban J connectivity index is 2.70. The number of nitrogens with zero attached hydrogens (tertiary/aromatic N) is 1. The van der Waals surface area contributed by atoms with Crippen molar-refractivity contribution in [2.75, 3.05) is 13.1 Å². The van der Waals surface area contributed by atoms with Crippen LogP contribution in [0.3, 0.4) is 0 Å². The molecule has 1 aromatic carbocycles. The quantitative estimate of drug-likeness (QED) is 0.618. The van der Waals surface area contributed by atoms with Gasteiger partial charge < -0.3 is 5.73 Å². The molecule has 0 fully saturated rings. The summed E-state index contributed by atoms with van der Waals surface area (Å²) in [5.41, 5.74) is 6.28. The molecule has 3 nitrogen and oxygen atoms in total. The second-order valence-corrected chi connectivity index (χ2v) is 4.66. The molecular formula is C12H17Cl2N3. The average Bonchev–Trinajstić information content (AvgIpc) is 2.27. The van der Waals surface area contributed by atoms with E-state index in [1.54, 1.807) is 0 Å². The Kier molecular flexibility index (Phi) is 5.75. The molecule has 0 amide bonds. The highest BCUT2D eigenvalue weighted by atomic mass is 35.5. The van der Waals surface area contributed by atoms with Gasteiger partial charge in [-0.2, -0.15) is 0 Å². The summed E-state index contributed by atoms with van der Waals surface area (Å²) in [6.07, 6.45) is 0.565. The molecule has 0 radical (unpaired) electrons. The molecule has 0 bridgehead atoms. The summed E-state index contributed by atoms with van der Waals surface area (Å²) >= 11 is 12.2. The number of halogens is 2. The van der Waals surface area contributed by atoms with E-state index in [-0.39, 0.29) is 5.84 Å². The minimum absolute atomic E-state index is 0.203. The van der Waals surface area contributed by atoms with Crippen molar-refractivity contribution in [3.8, 4) is 0 Å². The predicted octanol–water partition coefficient (Wildman–Crippen LogP) is 3.14. The summed E-state index contributed by atoms with van der Waals surface area (Å²) in [5, 5.41) is 8.58. The van der Waals surface area contributed by atoms with Crippen LogP contribution in [0.5, 0.6) is 0 Å². The Bertz CT molecular complexity index is 373. The number of benzene rings is 1. The molecule has 0 saturated carbocycles. The van der Waals surface area contributed by atoms with Gasteiger partial charge in [0.25, 0.3) is 0 Å². The summed E-state index contributed by atoms with van der Waals surface area (Å²) in [6, 6.07) is 5.50. The average molecular weight is 274 g/mol. The molecule has 3 N–H and O–H groups in total. The third-order valence-corrected chi connectivity index (χ3v) is 3.30. The number of hydrogen-bond acceptors (Lipinski definition) is 2. The SMILES string of the molecule is CCN(CCC(=N)N)Cc1c(Cl)cccc1Cl. The Morgan fingerprint density at radius 2 is 1.94 bits per heavy atom. The van der Waals surface area contributed by atoms with E-state index in [9.17, 15) is 0 Å². The topological polar surface area (TPSA) is 53.1 Å². The molecule has 0 aliphatic carbocycles. The van der Waals surface area contributed by atoms with E-state index in [0.29, 0.717) is 23.0 Å². The highest BCUT2D eigenvalue weighted by Crippen LogP contribution is 2.25. The fourth-order valence-corrected chi connectivity index (χ4v) is 2.05. The maximum Gasteiger partial charge on any atom is 0.0918 e. The van der Waals surface area contributed by atoms with Crippen LogP contribution < -0.4 is 5.73 Å². The fourth-order valence-electron chi connectivity index (χ4n) is 1.53. The van der Waals surface area contributed by atoms with Gasteiger partial charge in [-0.25, -0.2) is 0 Å². The van der Waals surface area contributed by atoms with E-state index in [0.717, 1.165) is 18.7 Å². The standard InChI is InChI=1S/C12H17Cl2N3/c1-2-17(7-6-12(15)16)8-9-10(13)4-3-5-11(9)14/h3-5H,2,6-8H2,1H3,(H3,15,16). The lowest BCUT2D eigenvalue weighted by atomic mass is 10.2. The van der Waals surface area contributed by atoms with Gasteiger partial charge in [-0.15, -0.1) is 0 Å². The zero-order valence-electron chi connectivity index (χ0n) is 9.84. The second-order valence-electron chi connectivity index (χ2n) is 3.84. The van der Waals surface area contributed by atoms with Crippen LogP contribution in [-0.4, -0.2) is 23.8 Å². The van der Waals surface area contributed by atoms with Gasteiger partial charge in [-0.05, 0) is 18.7 Å². The van der Waals surface area contributed by atoms with Gasteiger partial charge in [-0.1, -0.05) is 36.2 Å². The molecule has 0 aromatic heterocycles. The normalized spacial score (nSPS) is 10.8. The van der Waals surface area contributed by atoms with Gasteiger partial charge in [-0.3, -0.25) is 10.3 Å². The lowest BCUT2D eigenvalue weighted by Gasteiger charge is -2.21. The summed E-state index contributed by atoms with van der Waals surface area (Å²) in [7, 11) is 0. The van der Waals surface area contributed by atoms with Crippen LogP contribution in [-0.2, 0) is 6.54 Å². The van der Waals surface area contributed by atoms with Crippen molar-refractivity contribution >= 4 is 29.0 Å². The Hall–Kier alpha value is -0.770. The Morgan fingerprint density at radius 1 is 1.35 bits per heavy atom. The molecule has 5 heteroatoms. The van der Waals surface area contributed by atoms with Crippen LogP contribution in [0.1, 0.15) is 18.9 Å². The van der Waals surface area contributed by atoms with E-state index in [2.05, 4.69) is 11.8 Å². The van der Waals surface area contributed by atoms with Gasteiger partial charge in [0.1, 0.15) is 0 Å². The maximum atomic E-state index is 7.23. The molecule has 94 valence electrons. The minimum atomic E-state index is 0.203. The van der Waals surface area contributed by atoms with Crippen molar-refractivity contribution in [1.82, 2.24) is 4.90 Å². The van der Waals surface area contributed by atoms with Crippen molar-refractivity contribution in [3.05, 3.63) is 33.8 Å². The monoisotopic (exact) mass is 273 g/mol. The molecule has 1 aromatic rings. The van der Waals surface area contributed by atoms with Crippen molar-refractivity contribution in [2.45, 2.75) is 19.9 Å². The molecule has 1 rings (SSSR count). The second kappa shape index (κ2) is 6.84. The largest absolute Gasteiger partial charge is 0.388 e. The maximum absolute atomic E-state index is 7.23. The van der Waals surface area contributed by atoms with E-state index < -0.39 is 0 Å². The summed E-state index contributed by atoms with van der Waals surface area (Å²) < 4.78 is 0. The molecule has 0 heterocycles. The van der Waals surface area contributed by atoms with E-state index in [1.807, 2.05) is 18.2 Å². The molecular weight excluding hydrogens is 257 g/mol. The molecule has 0 aliphatic rings. The van der Waals surface area contributed by atoms with Crippen LogP contribution in [0.2, 0.25) is 10.0 Å². The van der Waals surface area contributed by atoms with Crippen LogP contribution in [0.4, 0.5) is 0 Å². The molecule has 0 unspecified atom stereocenters. The predicted molar refractivity (Wildman–Crippen MR) is 73.9 cm³/mol. The van der Waals surface area contributed by atoms with Gasteiger partial charge in [0.2, 0.25) is 0 Å². The van der Waals surface area contributed by atoms with Gasteiger partial charge >= 0.3 is 0 Å². The molecule has 0 atom stereocenters. The highest BCUT2D eigenvalue weighted by Gasteiger charge is 2.10. The van der Waals surface area contributed by atoms with Crippen molar-refractivity contribution < 1.29 is 0 Å². The van der Waals surface area contributed by atoms with Crippen LogP contribution in [0, 0.1) is 5.41 Å². The van der Waals surface area contributed by atoms with Crippen molar-refractivity contribution in [1.29, 1.82) is 5.41 Å².